The van der Waals surface area contributed by atoms with Crippen molar-refractivity contribution in [1.82, 2.24) is 9.78 Å². The molecule has 0 saturated heterocycles. The number of nitrogens with two attached hydrogens (primary N) is 1. The van der Waals surface area contributed by atoms with Crippen LogP contribution in [0.15, 0.2) is 18.2 Å². The fourth-order valence-corrected chi connectivity index (χ4v) is 3.45. The van der Waals surface area contributed by atoms with Crippen LogP contribution in [0.2, 0.25) is 0 Å². The lowest BCUT2D eigenvalue weighted by Crippen LogP contribution is -2.12. The van der Waals surface area contributed by atoms with Crippen LogP contribution < -0.4 is 5.73 Å². The van der Waals surface area contributed by atoms with E-state index >= 15 is 0 Å². The van der Waals surface area contributed by atoms with Gasteiger partial charge in [0.05, 0.1) is 16.9 Å². The molecule has 0 amide bonds. The Morgan fingerprint density at radius 2 is 2.12 bits per heavy atom. The van der Waals surface area contributed by atoms with E-state index in [1.165, 1.54) is 26.0 Å². The monoisotopic (exact) mass is 245 g/mol. The van der Waals surface area contributed by atoms with Crippen LogP contribution in [0.4, 0.5) is 0 Å². The molecule has 0 spiro atoms. The Bertz CT molecular complexity index is 693. The summed E-state index contributed by atoms with van der Waals surface area (Å²) < 4.78 is 4.67. The number of hydrogen-bond donors (Lipinski definition) is 1. The van der Waals surface area contributed by atoms with Crippen molar-refractivity contribution in [3.8, 4) is 0 Å². The molecule has 17 heavy (non-hydrogen) atoms. The standard InChI is InChI=1S/C13H15N3S/c1-8-4-3-5-10-11-13(17-12(8)10)9(2)16(15-11)7-6-14/h3-5H,6-7,14H2,1-2H3. The fraction of sp³-hybridized carbons (Fsp3) is 0.308. The third kappa shape index (κ3) is 1.48. The van der Waals surface area contributed by atoms with E-state index in [1.807, 2.05) is 16.0 Å². The summed E-state index contributed by atoms with van der Waals surface area (Å²) in [5.74, 6) is 0. The van der Waals surface area contributed by atoms with Crippen LogP contribution in [0.25, 0.3) is 20.3 Å². The van der Waals surface area contributed by atoms with Gasteiger partial charge in [0.25, 0.3) is 0 Å². The lowest BCUT2D eigenvalue weighted by Gasteiger charge is -2.00. The molecule has 2 aromatic heterocycles. The predicted molar refractivity (Wildman–Crippen MR) is 73.6 cm³/mol. The van der Waals surface area contributed by atoms with Gasteiger partial charge in [0.1, 0.15) is 5.52 Å². The predicted octanol–water partition coefficient (Wildman–Crippen LogP) is 2.83. The fourth-order valence-electron chi connectivity index (χ4n) is 2.24. The summed E-state index contributed by atoms with van der Waals surface area (Å²) in [4.78, 5) is 0. The Morgan fingerprint density at radius 1 is 1.29 bits per heavy atom. The number of aryl methyl sites for hydroxylation is 2. The minimum Gasteiger partial charge on any atom is -0.329 e. The number of fused-ring (bicyclic) bond motifs is 3. The van der Waals surface area contributed by atoms with Crippen molar-refractivity contribution in [3.63, 3.8) is 0 Å². The van der Waals surface area contributed by atoms with Crippen molar-refractivity contribution in [2.45, 2.75) is 20.4 Å². The zero-order valence-corrected chi connectivity index (χ0v) is 10.8. The molecule has 0 aliphatic heterocycles. The summed E-state index contributed by atoms with van der Waals surface area (Å²) in [6, 6.07) is 6.41. The molecule has 0 aliphatic carbocycles. The van der Waals surface area contributed by atoms with Gasteiger partial charge in [-0.05, 0) is 19.4 Å². The molecule has 0 atom stereocenters. The second-order valence-electron chi connectivity index (χ2n) is 4.33. The van der Waals surface area contributed by atoms with Gasteiger partial charge in [0.15, 0.2) is 0 Å². The summed E-state index contributed by atoms with van der Waals surface area (Å²) in [6.45, 7) is 5.70. The second kappa shape index (κ2) is 3.82. The van der Waals surface area contributed by atoms with Crippen LogP contribution >= 0.6 is 11.3 Å². The number of hydrogen-bond acceptors (Lipinski definition) is 3. The van der Waals surface area contributed by atoms with E-state index in [1.54, 1.807) is 0 Å². The van der Waals surface area contributed by atoms with Gasteiger partial charge < -0.3 is 5.73 Å². The minimum atomic E-state index is 0.632. The van der Waals surface area contributed by atoms with Crippen LogP contribution in [-0.4, -0.2) is 16.3 Å². The molecule has 0 aliphatic rings. The molecule has 88 valence electrons. The lowest BCUT2D eigenvalue weighted by atomic mass is 10.2. The van der Waals surface area contributed by atoms with Crippen molar-refractivity contribution in [2.24, 2.45) is 5.73 Å². The van der Waals surface area contributed by atoms with Crippen molar-refractivity contribution in [3.05, 3.63) is 29.5 Å². The first kappa shape index (κ1) is 10.7. The quantitative estimate of drug-likeness (QED) is 0.754. The molecule has 3 rings (SSSR count). The number of benzene rings is 1. The van der Waals surface area contributed by atoms with E-state index in [9.17, 15) is 0 Å². The molecule has 0 radical (unpaired) electrons. The molecule has 4 heteroatoms. The van der Waals surface area contributed by atoms with E-state index in [2.05, 4.69) is 37.1 Å². The molecule has 3 aromatic rings. The SMILES string of the molecule is Cc1cccc2c1sc1c(C)n(CCN)nc12. The van der Waals surface area contributed by atoms with Gasteiger partial charge >= 0.3 is 0 Å². The van der Waals surface area contributed by atoms with E-state index in [0.29, 0.717) is 6.54 Å². The Morgan fingerprint density at radius 3 is 2.88 bits per heavy atom. The molecule has 3 nitrogen and oxygen atoms in total. The first-order valence-electron chi connectivity index (χ1n) is 5.77. The Kier molecular flexibility index (Phi) is 2.42. The molecular weight excluding hydrogens is 230 g/mol. The number of nitrogens with zero attached hydrogens (tertiary/aromatic N) is 2. The van der Waals surface area contributed by atoms with Gasteiger partial charge in [-0.1, -0.05) is 18.2 Å². The molecule has 0 bridgehead atoms. The number of rotatable bonds is 2. The van der Waals surface area contributed by atoms with Gasteiger partial charge in [-0.15, -0.1) is 11.3 Å². The zero-order valence-electron chi connectivity index (χ0n) is 10.0. The molecule has 1 aromatic carbocycles. The largest absolute Gasteiger partial charge is 0.329 e. The summed E-state index contributed by atoms with van der Waals surface area (Å²) in [5, 5.41) is 5.95. The third-order valence-corrected chi connectivity index (χ3v) is 4.60. The summed E-state index contributed by atoms with van der Waals surface area (Å²) >= 11 is 1.84. The Labute approximate surface area is 104 Å². The topological polar surface area (TPSA) is 43.8 Å². The van der Waals surface area contributed by atoms with E-state index < -0.39 is 0 Å². The second-order valence-corrected chi connectivity index (χ2v) is 5.35. The number of thiophene rings is 1. The van der Waals surface area contributed by atoms with Crippen molar-refractivity contribution < 1.29 is 0 Å². The third-order valence-electron chi connectivity index (χ3n) is 3.16. The van der Waals surface area contributed by atoms with Crippen LogP contribution in [-0.2, 0) is 6.54 Å². The molecule has 2 heterocycles. The van der Waals surface area contributed by atoms with Crippen LogP contribution in [0, 0.1) is 13.8 Å². The zero-order chi connectivity index (χ0) is 12.0. The van der Waals surface area contributed by atoms with Crippen molar-refractivity contribution in [1.29, 1.82) is 0 Å². The highest BCUT2D eigenvalue weighted by Gasteiger charge is 2.14. The normalized spacial score (nSPS) is 11.7. The maximum atomic E-state index is 5.60. The first-order valence-corrected chi connectivity index (χ1v) is 6.59. The van der Waals surface area contributed by atoms with E-state index in [4.69, 9.17) is 5.73 Å². The maximum Gasteiger partial charge on any atom is 0.111 e. The Balaban J connectivity index is 2.37. The Hall–Kier alpha value is -1.39. The van der Waals surface area contributed by atoms with Crippen molar-refractivity contribution in [2.75, 3.05) is 6.54 Å². The molecule has 2 N–H and O–H groups in total. The van der Waals surface area contributed by atoms with Gasteiger partial charge in [-0.25, -0.2) is 0 Å². The van der Waals surface area contributed by atoms with Crippen LogP contribution in [0.5, 0.6) is 0 Å². The van der Waals surface area contributed by atoms with Gasteiger partial charge in [0, 0.05) is 16.6 Å². The number of aromatic nitrogens is 2. The highest BCUT2D eigenvalue weighted by Crippen LogP contribution is 2.36. The lowest BCUT2D eigenvalue weighted by molar-refractivity contribution is 0.615. The summed E-state index contributed by atoms with van der Waals surface area (Å²) in [7, 11) is 0. The molecule has 0 unspecified atom stereocenters. The molecule has 0 fully saturated rings. The van der Waals surface area contributed by atoms with Gasteiger partial charge in [0.2, 0.25) is 0 Å². The smallest absolute Gasteiger partial charge is 0.111 e. The summed E-state index contributed by atoms with van der Waals surface area (Å²) in [6.07, 6.45) is 0. The van der Waals surface area contributed by atoms with Crippen LogP contribution in [0.1, 0.15) is 11.3 Å². The summed E-state index contributed by atoms with van der Waals surface area (Å²) in [5.41, 5.74) is 9.28. The van der Waals surface area contributed by atoms with E-state index in [0.717, 1.165) is 12.1 Å². The van der Waals surface area contributed by atoms with Crippen LogP contribution in [0.3, 0.4) is 0 Å². The highest BCUT2D eigenvalue weighted by atomic mass is 32.1. The maximum absolute atomic E-state index is 5.60. The molecular formula is C13H15N3S. The minimum absolute atomic E-state index is 0.632. The van der Waals surface area contributed by atoms with Gasteiger partial charge in [-0.3, -0.25) is 4.68 Å². The van der Waals surface area contributed by atoms with Gasteiger partial charge in [-0.2, -0.15) is 5.10 Å². The highest BCUT2D eigenvalue weighted by molar-refractivity contribution is 7.26. The van der Waals surface area contributed by atoms with E-state index in [-0.39, 0.29) is 0 Å². The molecule has 0 saturated carbocycles. The van der Waals surface area contributed by atoms with Crippen molar-refractivity contribution >= 4 is 31.6 Å². The average Bonchev–Trinajstić information content (AvgIpc) is 2.81. The first-order chi connectivity index (χ1) is 8.22. The average molecular weight is 245 g/mol.